The van der Waals surface area contributed by atoms with Gasteiger partial charge in [0.15, 0.2) is 0 Å². The molecule has 0 atom stereocenters. The number of rotatable bonds is 11. The number of aromatic nitrogens is 3. The van der Waals surface area contributed by atoms with Gasteiger partial charge in [0.25, 0.3) is 0 Å². The monoisotopic (exact) mass is 351 g/mol. The van der Waals surface area contributed by atoms with E-state index in [4.69, 9.17) is 4.74 Å². The minimum Gasteiger partial charge on any atom is -0.463 e. The minimum atomic E-state index is -0.109. The maximum absolute atomic E-state index is 5.80. The summed E-state index contributed by atoms with van der Waals surface area (Å²) in [6.07, 6.45) is 4.07. The van der Waals surface area contributed by atoms with E-state index in [9.17, 15) is 0 Å². The first kappa shape index (κ1) is 21.8. The zero-order valence-corrected chi connectivity index (χ0v) is 17.3. The Bertz CT molecular complexity index is 499. The highest BCUT2D eigenvalue weighted by atomic mass is 16.5. The molecule has 25 heavy (non-hydrogen) atoms. The second kappa shape index (κ2) is 10.7. The molecular formula is C19H37N5O. The van der Waals surface area contributed by atoms with Crippen LogP contribution in [0.2, 0.25) is 0 Å². The number of ether oxygens (including phenoxy) is 1. The largest absolute Gasteiger partial charge is 0.463 e. The van der Waals surface area contributed by atoms with Crippen LogP contribution in [0.25, 0.3) is 0 Å². The van der Waals surface area contributed by atoms with Crippen molar-refractivity contribution in [3.8, 4) is 6.01 Å². The van der Waals surface area contributed by atoms with Crippen LogP contribution in [0.4, 0.5) is 0 Å². The van der Waals surface area contributed by atoms with E-state index in [1.54, 1.807) is 0 Å². The third-order valence-electron chi connectivity index (χ3n) is 4.04. The average molecular weight is 352 g/mol. The summed E-state index contributed by atoms with van der Waals surface area (Å²) >= 11 is 0. The van der Waals surface area contributed by atoms with Gasteiger partial charge in [0, 0.05) is 18.4 Å². The van der Waals surface area contributed by atoms with Crippen LogP contribution in [-0.2, 0) is 11.8 Å². The molecule has 0 fully saturated rings. The highest BCUT2D eigenvalue weighted by Crippen LogP contribution is 2.20. The van der Waals surface area contributed by atoms with Gasteiger partial charge >= 0.3 is 6.01 Å². The second-order valence-electron chi connectivity index (χ2n) is 7.97. The molecular weight excluding hydrogens is 314 g/mol. The van der Waals surface area contributed by atoms with E-state index in [0.29, 0.717) is 12.6 Å². The SMILES string of the molecule is CCN(C)CCCCc1nc(OCCCN(C)C)nc(C(C)(C)C)n1. The fourth-order valence-electron chi connectivity index (χ4n) is 2.28. The van der Waals surface area contributed by atoms with Gasteiger partial charge in [0.2, 0.25) is 0 Å². The second-order valence-corrected chi connectivity index (χ2v) is 7.97. The Hall–Kier alpha value is -1.27. The fourth-order valence-corrected chi connectivity index (χ4v) is 2.28. The Labute approximate surface area is 154 Å². The third-order valence-corrected chi connectivity index (χ3v) is 4.04. The van der Waals surface area contributed by atoms with Crippen molar-refractivity contribution >= 4 is 0 Å². The Kier molecular flexibility index (Phi) is 9.28. The Balaban J connectivity index is 2.67. The van der Waals surface area contributed by atoms with Gasteiger partial charge in [-0.25, -0.2) is 4.98 Å². The third kappa shape index (κ3) is 9.12. The van der Waals surface area contributed by atoms with Crippen molar-refractivity contribution in [2.45, 2.75) is 58.8 Å². The Morgan fingerprint density at radius 3 is 2.24 bits per heavy atom. The van der Waals surface area contributed by atoms with Gasteiger partial charge in [-0.05, 0) is 53.5 Å². The quantitative estimate of drug-likeness (QED) is 0.572. The van der Waals surface area contributed by atoms with Gasteiger partial charge in [0.1, 0.15) is 11.6 Å². The number of aryl methyl sites for hydroxylation is 1. The predicted octanol–water partition coefficient (Wildman–Crippen LogP) is 2.77. The molecule has 0 saturated carbocycles. The first-order valence-electron chi connectivity index (χ1n) is 9.44. The topological polar surface area (TPSA) is 54.4 Å². The molecule has 0 aliphatic heterocycles. The van der Waals surface area contributed by atoms with Crippen LogP contribution in [0.3, 0.4) is 0 Å². The van der Waals surface area contributed by atoms with Crippen LogP contribution in [0.1, 0.15) is 58.6 Å². The molecule has 1 aromatic heterocycles. The number of hydrogen-bond acceptors (Lipinski definition) is 6. The molecule has 0 spiro atoms. The van der Waals surface area contributed by atoms with Gasteiger partial charge in [-0.3, -0.25) is 0 Å². The Morgan fingerprint density at radius 2 is 1.64 bits per heavy atom. The molecule has 1 rings (SSSR count). The summed E-state index contributed by atoms with van der Waals surface area (Å²) in [5.74, 6) is 1.66. The van der Waals surface area contributed by atoms with E-state index in [-0.39, 0.29) is 5.41 Å². The lowest BCUT2D eigenvalue weighted by atomic mass is 9.96. The van der Waals surface area contributed by atoms with Gasteiger partial charge in [0.05, 0.1) is 6.61 Å². The lowest BCUT2D eigenvalue weighted by Crippen LogP contribution is -2.21. The standard InChI is InChI=1S/C19H37N5O/c1-8-24(7)14-10-9-12-16-20-17(19(2,3)4)22-18(21-16)25-15-11-13-23(5)6/h8-15H2,1-7H3. The molecule has 0 N–H and O–H groups in total. The number of hydrogen-bond donors (Lipinski definition) is 0. The molecule has 0 amide bonds. The zero-order chi connectivity index (χ0) is 18.9. The summed E-state index contributed by atoms with van der Waals surface area (Å²) in [4.78, 5) is 18.2. The molecule has 0 saturated heterocycles. The van der Waals surface area contributed by atoms with Gasteiger partial charge in [-0.15, -0.1) is 0 Å². The lowest BCUT2D eigenvalue weighted by molar-refractivity contribution is 0.259. The molecule has 144 valence electrons. The fraction of sp³-hybridized carbons (Fsp3) is 0.842. The molecule has 0 unspecified atom stereocenters. The van der Waals surface area contributed by atoms with E-state index in [0.717, 1.165) is 57.0 Å². The predicted molar refractivity (Wildman–Crippen MR) is 103 cm³/mol. The molecule has 6 heteroatoms. The van der Waals surface area contributed by atoms with Gasteiger partial charge in [-0.1, -0.05) is 27.7 Å². The van der Waals surface area contributed by atoms with E-state index in [2.05, 4.69) is 73.6 Å². The van der Waals surface area contributed by atoms with Gasteiger partial charge < -0.3 is 14.5 Å². The highest BCUT2D eigenvalue weighted by Gasteiger charge is 2.20. The van der Waals surface area contributed by atoms with E-state index in [1.807, 2.05) is 0 Å². The van der Waals surface area contributed by atoms with E-state index >= 15 is 0 Å². The van der Waals surface area contributed by atoms with Crippen LogP contribution in [0.15, 0.2) is 0 Å². The first-order chi connectivity index (χ1) is 11.7. The normalized spacial score (nSPS) is 12.2. The molecule has 6 nitrogen and oxygen atoms in total. The molecule has 0 aromatic carbocycles. The average Bonchev–Trinajstić information content (AvgIpc) is 2.54. The van der Waals surface area contributed by atoms with Crippen LogP contribution in [0, 0.1) is 0 Å². The number of nitrogens with zero attached hydrogens (tertiary/aromatic N) is 5. The summed E-state index contributed by atoms with van der Waals surface area (Å²) in [6, 6.07) is 0.472. The molecule has 0 aliphatic carbocycles. The van der Waals surface area contributed by atoms with Crippen molar-refractivity contribution in [1.82, 2.24) is 24.8 Å². The molecule has 1 aromatic rings. The summed E-state index contributed by atoms with van der Waals surface area (Å²) in [5, 5.41) is 0. The first-order valence-corrected chi connectivity index (χ1v) is 9.44. The minimum absolute atomic E-state index is 0.109. The van der Waals surface area contributed by atoms with Crippen molar-refractivity contribution in [1.29, 1.82) is 0 Å². The molecule has 0 bridgehead atoms. The summed E-state index contributed by atoms with van der Waals surface area (Å²) in [6.45, 7) is 12.4. The zero-order valence-electron chi connectivity index (χ0n) is 17.3. The van der Waals surface area contributed by atoms with Crippen LogP contribution < -0.4 is 4.74 Å². The van der Waals surface area contributed by atoms with Crippen LogP contribution in [0.5, 0.6) is 6.01 Å². The smallest absolute Gasteiger partial charge is 0.319 e. The molecule has 0 aliphatic rings. The maximum atomic E-state index is 5.80. The summed E-state index contributed by atoms with van der Waals surface area (Å²) in [7, 11) is 6.28. The Morgan fingerprint density at radius 1 is 0.920 bits per heavy atom. The van der Waals surface area contributed by atoms with E-state index in [1.165, 1.54) is 0 Å². The summed E-state index contributed by atoms with van der Waals surface area (Å²) in [5.41, 5.74) is -0.109. The summed E-state index contributed by atoms with van der Waals surface area (Å²) < 4.78 is 5.80. The van der Waals surface area contributed by atoms with Crippen LogP contribution in [-0.4, -0.2) is 72.1 Å². The van der Waals surface area contributed by atoms with Gasteiger partial charge in [-0.2, -0.15) is 9.97 Å². The van der Waals surface area contributed by atoms with Crippen molar-refractivity contribution in [3.63, 3.8) is 0 Å². The van der Waals surface area contributed by atoms with E-state index < -0.39 is 0 Å². The van der Waals surface area contributed by atoms with Crippen molar-refractivity contribution in [2.75, 3.05) is 47.4 Å². The molecule has 1 heterocycles. The van der Waals surface area contributed by atoms with Crippen LogP contribution >= 0.6 is 0 Å². The van der Waals surface area contributed by atoms with Crippen molar-refractivity contribution in [3.05, 3.63) is 11.6 Å². The lowest BCUT2D eigenvalue weighted by Gasteiger charge is -2.18. The van der Waals surface area contributed by atoms with Crippen molar-refractivity contribution in [2.24, 2.45) is 0 Å². The maximum Gasteiger partial charge on any atom is 0.319 e. The number of unbranched alkanes of at least 4 members (excludes halogenated alkanes) is 1. The van der Waals surface area contributed by atoms with Crippen molar-refractivity contribution < 1.29 is 4.74 Å². The molecule has 0 radical (unpaired) electrons. The highest BCUT2D eigenvalue weighted by molar-refractivity contribution is 5.08.